The van der Waals surface area contributed by atoms with Crippen LogP contribution in [0, 0.1) is 20.8 Å². The van der Waals surface area contributed by atoms with E-state index in [0.29, 0.717) is 0 Å². The highest BCUT2D eigenvalue weighted by molar-refractivity contribution is 5.99. The van der Waals surface area contributed by atoms with Crippen molar-refractivity contribution in [3.05, 3.63) is 64.7 Å². The van der Waals surface area contributed by atoms with Crippen molar-refractivity contribution in [1.82, 2.24) is 0 Å². The van der Waals surface area contributed by atoms with Crippen molar-refractivity contribution in [1.29, 1.82) is 0 Å². The summed E-state index contributed by atoms with van der Waals surface area (Å²) in [6.07, 6.45) is 0. The molecule has 0 fully saturated rings. The van der Waals surface area contributed by atoms with Crippen LogP contribution >= 0.6 is 0 Å². The van der Waals surface area contributed by atoms with E-state index in [2.05, 4.69) is 18.3 Å². The number of benzene rings is 2. The normalized spacial score (nSPS) is 11.3. The maximum atomic E-state index is 12.6. The summed E-state index contributed by atoms with van der Waals surface area (Å²) < 4.78 is 0. The lowest BCUT2D eigenvalue weighted by molar-refractivity contribution is -0.120. The molecule has 2 rings (SSSR count). The van der Waals surface area contributed by atoms with Crippen LogP contribution in [0.5, 0.6) is 0 Å². The first-order valence-corrected chi connectivity index (χ1v) is 7.26. The number of amides is 1. The van der Waals surface area contributed by atoms with Crippen LogP contribution in [0.25, 0.3) is 0 Å². The Balaban J connectivity index is 2.24. The van der Waals surface area contributed by atoms with Crippen LogP contribution in [0.4, 0.5) is 5.69 Å². The Labute approximate surface area is 127 Å². The van der Waals surface area contributed by atoms with Gasteiger partial charge in [-0.25, -0.2) is 0 Å². The molecule has 0 bridgehead atoms. The van der Waals surface area contributed by atoms with Crippen LogP contribution in [0.3, 0.4) is 0 Å². The lowest BCUT2D eigenvalue weighted by atomic mass is 9.83. The van der Waals surface area contributed by atoms with Gasteiger partial charge in [-0.2, -0.15) is 0 Å². The molecule has 2 aromatic carbocycles. The van der Waals surface area contributed by atoms with Crippen molar-refractivity contribution in [3.63, 3.8) is 0 Å². The Hall–Kier alpha value is -2.09. The fourth-order valence-electron chi connectivity index (χ4n) is 2.33. The van der Waals surface area contributed by atoms with Gasteiger partial charge in [0.05, 0.1) is 5.41 Å². The number of anilines is 1. The van der Waals surface area contributed by atoms with Gasteiger partial charge >= 0.3 is 0 Å². The smallest absolute Gasteiger partial charge is 0.234 e. The van der Waals surface area contributed by atoms with Crippen LogP contribution < -0.4 is 5.32 Å². The standard InChI is InChI=1S/C19H23NO/c1-13-6-9-16(10-7-13)19(4,5)18(21)20-17-11-8-14(2)12-15(17)3/h6-12H,1-5H3,(H,20,21). The molecule has 1 amide bonds. The third-order valence-corrected chi connectivity index (χ3v) is 3.97. The van der Waals surface area contributed by atoms with Gasteiger partial charge in [-0.3, -0.25) is 4.79 Å². The van der Waals surface area contributed by atoms with Crippen LogP contribution in [-0.4, -0.2) is 5.91 Å². The number of hydrogen-bond donors (Lipinski definition) is 1. The fourth-order valence-corrected chi connectivity index (χ4v) is 2.33. The van der Waals surface area contributed by atoms with E-state index in [9.17, 15) is 4.79 Å². The molecule has 2 heteroatoms. The van der Waals surface area contributed by atoms with Crippen LogP contribution in [0.15, 0.2) is 42.5 Å². The van der Waals surface area contributed by atoms with Gasteiger partial charge in [-0.05, 0) is 51.8 Å². The zero-order chi connectivity index (χ0) is 15.6. The van der Waals surface area contributed by atoms with Gasteiger partial charge in [-0.15, -0.1) is 0 Å². The zero-order valence-corrected chi connectivity index (χ0v) is 13.4. The average molecular weight is 281 g/mol. The minimum Gasteiger partial charge on any atom is -0.325 e. The van der Waals surface area contributed by atoms with E-state index < -0.39 is 5.41 Å². The predicted molar refractivity (Wildman–Crippen MR) is 88.8 cm³/mol. The summed E-state index contributed by atoms with van der Waals surface area (Å²) >= 11 is 0. The number of carbonyl (C=O) groups is 1. The lowest BCUT2D eigenvalue weighted by Gasteiger charge is -2.25. The number of rotatable bonds is 3. The Morgan fingerprint density at radius 2 is 1.48 bits per heavy atom. The number of hydrogen-bond acceptors (Lipinski definition) is 1. The maximum absolute atomic E-state index is 12.6. The van der Waals surface area contributed by atoms with Crippen molar-refractivity contribution >= 4 is 11.6 Å². The Bertz CT molecular complexity index is 654. The Morgan fingerprint density at radius 1 is 0.905 bits per heavy atom. The number of aryl methyl sites for hydroxylation is 3. The number of carbonyl (C=O) groups excluding carboxylic acids is 1. The highest BCUT2D eigenvalue weighted by Gasteiger charge is 2.29. The van der Waals surface area contributed by atoms with E-state index in [4.69, 9.17) is 0 Å². The average Bonchev–Trinajstić information content (AvgIpc) is 2.42. The SMILES string of the molecule is Cc1ccc(C(C)(C)C(=O)Nc2ccc(C)cc2C)cc1. The first-order valence-electron chi connectivity index (χ1n) is 7.26. The van der Waals surface area contributed by atoms with Gasteiger partial charge < -0.3 is 5.32 Å². The first kappa shape index (κ1) is 15.3. The molecule has 2 aromatic rings. The molecule has 110 valence electrons. The predicted octanol–water partition coefficient (Wildman–Crippen LogP) is 4.53. The van der Waals surface area contributed by atoms with Crippen molar-refractivity contribution in [2.24, 2.45) is 0 Å². The largest absolute Gasteiger partial charge is 0.325 e. The molecule has 0 aliphatic heterocycles. The number of nitrogens with one attached hydrogen (secondary N) is 1. The molecule has 0 atom stereocenters. The maximum Gasteiger partial charge on any atom is 0.234 e. The monoisotopic (exact) mass is 281 g/mol. The quantitative estimate of drug-likeness (QED) is 0.880. The summed E-state index contributed by atoms with van der Waals surface area (Å²) in [5, 5.41) is 3.05. The summed E-state index contributed by atoms with van der Waals surface area (Å²) in [6.45, 7) is 10.0. The highest BCUT2D eigenvalue weighted by Crippen LogP contribution is 2.26. The second-order valence-electron chi connectivity index (χ2n) is 6.26. The van der Waals surface area contributed by atoms with Gasteiger partial charge in [-0.1, -0.05) is 47.5 Å². The molecule has 2 nitrogen and oxygen atoms in total. The Morgan fingerprint density at radius 3 is 2.05 bits per heavy atom. The van der Waals surface area contributed by atoms with Crippen molar-refractivity contribution in [3.8, 4) is 0 Å². The summed E-state index contributed by atoms with van der Waals surface area (Å²) in [4.78, 5) is 12.6. The summed E-state index contributed by atoms with van der Waals surface area (Å²) in [7, 11) is 0. The molecule has 0 unspecified atom stereocenters. The minimum absolute atomic E-state index is 0.0123. The fraction of sp³-hybridized carbons (Fsp3) is 0.316. The van der Waals surface area contributed by atoms with E-state index in [1.54, 1.807) is 0 Å². The van der Waals surface area contributed by atoms with Crippen LogP contribution in [-0.2, 0) is 10.2 Å². The van der Waals surface area contributed by atoms with Crippen LogP contribution in [0.2, 0.25) is 0 Å². The Kier molecular flexibility index (Phi) is 4.17. The third kappa shape index (κ3) is 3.33. The van der Waals surface area contributed by atoms with Crippen molar-refractivity contribution < 1.29 is 4.79 Å². The van der Waals surface area contributed by atoms with Crippen LogP contribution in [0.1, 0.15) is 36.1 Å². The summed E-state index contributed by atoms with van der Waals surface area (Å²) in [6, 6.07) is 14.2. The summed E-state index contributed by atoms with van der Waals surface area (Å²) in [5.74, 6) is 0.0123. The highest BCUT2D eigenvalue weighted by atomic mass is 16.2. The molecular weight excluding hydrogens is 258 g/mol. The van der Waals surface area contributed by atoms with E-state index in [1.807, 2.05) is 64.1 Å². The van der Waals surface area contributed by atoms with Gasteiger partial charge in [0.2, 0.25) is 5.91 Å². The third-order valence-electron chi connectivity index (χ3n) is 3.97. The molecule has 0 saturated carbocycles. The second kappa shape index (κ2) is 5.72. The van der Waals surface area contributed by atoms with Gasteiger partial charge in [0.25, 0.3) is 0 Å². The van der Waals surface area contributed by atoms with Gasteiger partial charge in [0.15, 0.2) is 0 Å². The van der Waals surface area contributed by atoms with E-state index in [0.717, 1.165) is 16.8 Å². The zero-order valence-electron chi connectivity index (χ0n) is 13.4. The topological polar surface area (TPSA) is 29.1 Å². The summed E-state index contributed by atoms with van der Waals surface area (Å²) in [5.41, 5.74) is 4.82. The van der Waals surface area contributed by atoms with E-state index in [-0.39, 0.29) is 5.91 Å². The van der Waals surface area contributed by atoms with E-state index >= 15 is 0 Å². The van der Waals surface area contributed by atoms with Crippen molar-refractivity contribution in [2.45, 2.75) is 40.0 Å². The van der Waals surface area contributed by atoms with E-state index in [1.165, 1.54) is 11.1 Å². The molecular formula is C19H23NO. The molecule has 0 radical (unpaired) electrons. The molecule has 21 heavy (non-hydrogen) atoms. The lowest BCUT2D eigenvalue weighted by Crippen LogP contribution is -2.34. The van der Waals surface area contributed by atoms with Gasteiger partial charge in [0.1, 0.15) is 0 Å². The molecule has 0 saturated heterocycles. The second-order valence-corrected chi connectivity index (χ2v) is 6.26. The molecule has 0 aromatic heterocycles. The molecule has 0 aliphatic rings. The minimum atomic E-state index is -0.564. The molecule has 1 N–H and O–H groups in total. The molecule has 0 aliphatic carbocycles. The van der Waals surface area contributed by atoms with Crippen molar-refractivity contribution in [2.75, 3.05) is 5.32 Å². The van der Waals surface area contributed by atoms with Gasteiger partial charge in [0, 0.05) is 5.69 Å². The first-order chi connectivity index (χ1) is 9.80. The molecule has 0 spiro atoms. The molecule has 0 heterocycles.